The lowest BCUT2D eigenvalue weighted by molar-refractivity contribution is -0.383. The van der Waals surface area contributed by atoms with Crippen LogP contribution < -0.4 is 10.2 Å². The minimum absolute atomic E-state index is 0.0385. The number of rotatable bonds is 3. The molecule has 0 spiro atoms. The molecule has 1 fully saturated rings. The van der Waals surface area contributed by atoms with Gasteiger partial charge in [-0.1, -0.05) is 6.07 Å². The van der Waals surface area contributed by atoms with Crippen molar-refractivity contribution in [1.29, 1.82) is 0 Å². The van der Waals surface area contributed by atoms with Crippen molar-refractivity contribution in [3.8, 4) is 0 Å². The Kier molecular flexibility index (Phi) is 3.85. The quantitative estimate of drug-likeness (QED) is 0.680. The number of nitro benzene ring substituents is 1. The second-order valence-corrected chi connectivity index (χ2v) is 5.75. The molecule has 1 aromatic rings. The van der Waals surface area contributed by atoms with Gasteiger partial charge in [0.05, 0.1) is 16.6 Å². The van der Waals surface area contributed by atoms with Crippen LogP contribution in [0.1, 0.15) is 20.8 Å². The number of hydrogen-bond donors (Lipinski definition) is 1. The summed E-state index contributed by atoms with van der Waals surface area (Å²) in [6.45, 7) is 7.28. The largest absolute Gasteiger partial charge is 0.382 e. The standard InChI is InChI=1S/C14H21N3O3/c1-10-8-16(9-14(2,3)20-10)12-7-5-6-11(15-4)13(12)17(18)19/h5-7,10,15H,8-9H2,1-4H3. The summed E-state index contributed by atoms with van der Waals surface area (Å²) < 4.78 is 5.86. The van der Waals surface area contributed by atoms with Crippen molar-refractivity contribution < 1.29 is 9.66 Å². The monoisotopic (exact) mass is 279 g/mol. The van der Waals surface area contributed by atoms with E-state index in [-0.39, 0.29) is 22.3 Å². The molecule has 0 radical (unpaired) electrons. The molecule has 0 aliphatic carbocycles. The maximum Gasteiger partial charge on any atom is 0.315 e. The Morgan fingerprint density at radius 3 is 2.75 bits per heavy atom. The number of nitro groups is 1. The maximum absolute atomic E-state index is 11.4. The van der Waals surface area contributed by atoms with Crippen molar-refractivity contribution in [3.05, 3.63) is 28.3 Å². The topological polar surface area (TPSA) is 67.6 Å². The van der Waals surface area contributed by atoms with E-state index in [1.807, 2.05) is 31.7 Å². The molecule has 1 N–H and O–H groups in total. The summed E-state index contributed by atoms with van der Waals surface area (Å²) in [6.07, 6.45) is 0.0385. The van der Waals surface area contributed by atoms with Gasteiger partial charge in [-0.05, 0) is 32.9 Å². The molecule has 1 atom stereocenters. The summed E-state index contributed by atoms with van der Waals surface area (Å²) in [5.41, 5.74) is 0.982. The van der Waals surface area contributed by atoms with E-state index >= 15 is 0 Å². The summed E-state index contributed by atoms with van der Waals surface area (Å²) >= 11 is 0. The zero-order valence-electron chi connectivity index (χ0n) is 12.3. The van der Waals surface area contributed by atoms with Crippen LogP contribution in [-0.2, 0) is 4.74 Å². The third-order valence-electron chi connectivity index (χ3n) is 3.38. The van der Waals surface area contributed by atoms with Gasteiger partial charge >= 0.3 is 5.69 Å². The number of benzene rings is 1. The Hall–Kier alpha value is -1.82. The third kappa shape index (κ3) is 2.85. The lowest BCUT2D eigenvalue weighted by atomic mass is 10.0. The minimum Gasteiger partial charge on any atom is -0.382 e. The van der Waals surface area contributed by atoms with Gasteiger partial charge in [-0.15, -0.1) is 0 Å². The van der Waals surface area contributed by atoms with Gasteiger partial charge in [0.1, 0.15) is 11.4 Å². The van der Waals surface area contributed by atoms with E-state index in [1.54, 1.807) is 19.2 Å². The van der Waals surface area contributed by atoms with Gasteiger partial charge in [0.25, 0.3) is 0 Å². The van der Waals surface area contributed by atoms with Crippen LogP contribution >= 0.6 is 0 Å². The number of ether oxygens (including phenoxy) is 1. The highest BCUT2D eigenvalue weighted by atomic mass is 16.6. The van der Waals surface area contributed by atoms with E-state index in [0.717, 1.165) is 0 Å². The number of para-hydroxylation sites is 1. The average molecular weight is 279 g/mol. The van der Waals surface area contributed by atoms with Crippen molar-refractivity contribution in [1.82, 2.24) is 0 Å². The fourth-order valence-electron chi connectivity index (χ4n) is 2.82. The molecule has 1 aliphatic heterocycles. The van der Waals surface area contributed by atoms with Crippen LogP contribution in [0.5, 0.6) is 0 Å². The highest BCUT2D eigenvalue weighted by Gasteiger charge is 2.34. The van der Waals surface area contributed by atoms with Crippen LogP contribution in [0.4, 0.5) is 17.1 Å². The number of nitrogens with one attached hydrogen (secondary N) is 1. The summed E-state index contributed by atoms with van der Waals surface area (Å²) in [7, 11) is 1.69. The van der Waals surface area contributed by atoms with Gasteiger partial charge in [0.2, 0.25) is 0 Å². The molecule has 6 heteroatoms. The summed E-state index contributed by atoms with van der Waals surface area (Å²) in [4.78, 5) is 13.1. The van der Waals surface area contributed by atoms with Gasteiger partial charge in [-0.3, -0.25) is 10.1 Å². The lowest BCUT2D eigenvalue weighted by Gasteiger charge is -2.42. The zero-order valence-corrected chi connectivity index (χ0v) is 12.3. The highest BCUT2D eigenvalue weighted by Crippen LogP contribution is 2.37. The zero-order chi connectivity index (χ0) is 14.9. The summed E-state index contributed by atoms with van der Waals surface area (Å²) in [5.74, 6) is 0. The van der Waals surface area contributed by atoms with Crippen molar-refractivity contribution in [3.63, 3.8) is 0 Å². The molecule has 1 aliphatic rings. The van der Waals surface area contributed by atoms with Gasteiger partial charge in [-0.25, -0.2) is 0 Å². The normalized spacial score (nSPS) is 21.6. The van der Waals surface area contributed by atoms with Crippen LogP contribution in [0.2, 0.25) is 0 Å². The van der Waals surface area contributed by atoms with E-state index in [1.165, 1.54) is 0 Å². The summed E-state index contributed by atoms with van der Waals surface area (Å²) in [5, 5.41) is 14.3. The van der Waals surface area contributed by atoms with Gasteiger partial charge in [-0.2, -0.15) is 0 Å². The summed E-state index contributed by atoms with van der Waals surface area (Å²) in [6, 6.07) is 5.35. The Balaban J connectivity index is 2.44. The predicted octanol–water partition coefficient (Wildman–Crippen LogP) is 2.64. The molecule has 110 valence electrons. The number of morpholine rings is 1. The minimum atomic E-state index is -0.325. The van der Waals surface area contributed by atoms with Crippen LogP contribution in [0, 0.1) is 10.1 Å². The first-order valence-electron chi connectivity index (χ1n) is 6.72. The molecule has 0 saturated carbocycles. The molecule has 20 heavy (non-hydrogen) atoms. The van der Waals surface area contributed by atoms with E-state index in [9.17, 15) is 10.1 Å². The van der Waals surface area contributed by atoms with E-state index in [0.29, 0.717) is 24.5 Å². The fraction of sp³-hybridized carbons (Fsp3) is 0.571. The number of anilines is 2. The smallest absolute Gasteiger partial charge is 0.315 e. The van der Waals surface area contributed by atoms with Crippen LogP contribution in [-0.4, -0.2) is 36.8 Å². The van der Waals surface area contributed by atoms with E-state index < -0.39 is 0 Å². The van der Waals surface area contributed by atoms with Crippen molar-refractivity contribution >= 4 is 17.1 Å². The van der Waals surface area contributed by atoms with Crippen molar-refractivity contribution in [2.45, 2.75) is 32.5 Å². The van der Waals surface area contributed by atoms with Crippen molar-refractivity contribution in [2.75, 3.05) is 30.4 Å². The molecule has 0 amide bonds. The van der Waals surface area contributed by atoms with E-state index in [4.69, 9.17) is 4.74 Å². The van der Waals surface area contributed by atoms with Crippen LogP contribution in [0.25, 0.3) is 0 Å². The van der Waals surface area contributed by atoms with Gasteiger partial charge in [0.15, 0.2) is 0 Å². The molecular weight excluding hydrogens is 258 g/mol. The first kappa shape index (κ1) is 14.6. The predicted molar refractivity (Wildman–Crippen MR) is 79.5 cm³/mol. The molecule has 6 nitrogen and oxygen atoms in total. The highest BCUT2D eigenvalue weighted by molar-refractivity contribution is 5.77. The molecule has 1 heterocycles. The Morgan fingerprint density at radius 2 is 2.20 bits per heavy atom. The van der Waals surface area contributed by atoms with Gasteiger partial charge < -0.3 is 15.0 Å². The Bertz CT molecular complexity index is 516. The van der Waals surface area contributed by atoms with Crippen LogP contribution in [0.15, 0.2) is 18.2 Å². The van der Waals surface area contributed by atoms with E-state index in [2.05, 4.69) is 5.32 Å². The average Bonchev–Trinajstić information content (AvgIpc) is 2.35. The number of hydrogen-bond acceptors (Lipinski definition) is 5. The van der Waals surface area contributed by atoms with Crippen molar-refractivity contribution in [2.24, 2.45) is 0 Å². The first-order valence-corrected chi connectivity index (χ1v) is 6.72. The second-order valence-electron chi connectivity index (χ2n) is 5.75. The fourth-order valence-corrected chi connectivity index (χ4v) is 2.82. The molecule has 1 aromatic carbocycles. The van der Waals surface area contributed by atoms with Gasteiger partial charge in [0, 0.05) is 20.1 Å². The lowest BCUT2D eigenvalue weighted by Crippen LogP contribution is -2.52. The third-order valence-corrected chi connectivity index (χ3v) is 3.38. The molecule has 0 bridgehead atoms. The molecule has 1 unspecified atom stereocenters. The van der Waals surface area contributed by atoms with Crippen LogP contribution in [0.3, 0.4) is 0 Å². The molecule has 1 saturated heterocycles. The Labute approximate surface area is 118 Å². The maximum atomic E-state index is 11.4. The molecule has 2 rings (SSSR count). The molecule has 0 aromatic heterocycles. The first-order chi connectivity index (χ1) is 9.34. The SMILES string of the molecule is CNc1cccc(N2CC(C)OC(C)(C)C2)c1[N+](=O)[O-]. The molecular formula is C14H21N3O3. The Morgan fingerprint density at radius 1 is 1.50 bits per heavy atom. The second kappa shape index (κ2) is 5.28. The number of nitrogens with zero attached hydrogens (tertiary/aromatic N) is 2.